The number of ether oxygens (including phenoxy) is 2. The van der Waals surface area contributed by atoms with Crippen LogP contribution in [0.1, 0.15) is 40.5 Å². The molecule has 4 heteroatoms. The molecule has 0 spiro atoms. The highest BCUT2D eigenvalue weighted by Crippen LogP contribution is 2.16. The van der Waals surface area contributed by atoms with Crippen molar-refractivity contribution in [1.82, 2.24) is 0 Å². The minimum atomic E-state index is -0.946. The maximum Gasteiger partial charge on any atom is 0.417 e. The largest absolute Gasteiger partial charge is 0.461 e. The van der Waals surface area contributed by atoms with Crippen LogP contribution in [0.15, 0.2) is 11.6 Å². The number of rotatable bonds is 6. The Morgan fingerprint density at radius 1 is 1.17 bits per heavy atom. The zero-order valence-corrected chi connectivity index (χ0v) is 12.0. The van der Waals surface area contributed by atoms with Gasteiger partial charge < -0.3 is 9.47 Å². The molecule has 0 bridgehead atoms. The van der Waals surface area contributed by atoms with E-state index in [0.29, 0.717) is 11.8 Å². The lowest BCUT2D eigenvalue weighted by atomic mass is 9.97. The van der Waals surface area contributed by atoms with E-state index in [4.69, 9.17) is 4.74 Å². The molecule has 0 aromatic heterocycles. The second-order valence-corrected chi connectivity index (χ2v) is 4.98. The first-order valence-corrected chi connectivity index (χ1v) is 6.29. The highest BCUT2D eigenvalue weighted by molar-refractivity contribution is 6.29. The van der Waals surface area contributed by atoms with Crippen molar-refractivity contribution in [2.45, 2.75) is 40.5 Å². The van der Waals surface area contributed by atoms with E-state index in [9.17, 15) is 9.59 Å². The Bertz CT molecular complexity index is 305. The summed E-state index contributed by atoms with van der Waals surface area (Å²) >= 11 is 0. The maximum absolute atomic E-state index is 11.0. The van der Waals surface area contributed by atoms with E-state index in [1.54, 1.807) is 0 Å². The van der Waals surface area contributed by atoms with Gasteiger partial charge in [0.05, 0.1) is 13.7 Å². The van der Waals surface area contributed by atoms with E-state index in [2.05, 4.69) is 38.5 Å². The number of carbonyl (C=O) groups is 2. The third-order valence-corrected chi connectivity index (χ3v) is 2.48. The molecule has 1 atom stereocenters. The van der Waals surface area contributed by atoms with Gasteiger partial charge in [-0.15, -0.1) is 0 Å². The molecular formula is C14H24O4. The number of methoxy groups -OCH3 is 1. The maximum atomic E-state index is 11.0. The van der Waals surface area contributed by atoms with E-state index >= 15 is 0 Å². The molecule has 0 aliphatic heterocycles. The van der Waals surface area contributed by atoms with Crippen molar-refractivity contribution in [2.24, 2.45) is 11.8 Å². The predicted octanol–water partition coefficient (Wildman–Crippen LogP) is 2.72. The third kappa shape index (κ3) is 7.87. The van der Waals surface area contributed by atoms with Gasteiger partial charge in [-0.2, -0.15) is 0 Å². The molecule has 0 aromatic carbocycles. The van der Waals surface area contributed by atoms with Gasteiger partial charge in [0.15, 0.2) is 0 Å². The van der Waals surface area contributed by atoms with Crippen LogP contribution in [0.2, 0.25) is 0 Å². The van der Waals surface area contributed by atoms with Crippen LogP contribution in [0.3, 0.4) is 0 Å². The molecule has 0 saturated carbocycles. The summed E-state index contributed by atoms with van der Waals surface area (Å²) in [6.07, 6.45) is 3.96. The molecule has 0 heterocycles. The van der Waals surface area contributed by atoms with Crippen molar-refractivity contribution in [1.29, 1.82) is 0 Å². The van der Waals surface area contributed by atoms with E-state index < -0.39 is 11.9 Å². The fourth-order valence-corrected chi connectivity index (χ4v) is 1.78. The first-order valence-electron chi connectivity index (χ1n) is 6.29. The van der Waals surface area contributed by atoms with Crippen LogP contribution >= 0.6 is 0 Å². The molecule has 18 heavy (non-hydrogen) atoms. The summed E-state index contributed by atoms with van der Waals surface area (Å²) < 4.78 is 9.05. The van der Waals surface area contributed by atoms with Crippen molar-refractivity contribution in [3.05, 3.63) is 11.6 Å². The van der Waals surface area contributed by atoms with Crippen molar-refractivity contribution in [3.8, 4) is 0 Å². The minimum Gasteiger partial charge on any atom is -0.461 e. The summed E-state index contributed by atoms with van der Waals surface area (Å²) in [7, 11) is 1.16. The van der Waals surface area contributed by atoms with Crippen LogP contribution < -0.4 is 0 Å². The monoisotopic (exact) mass is 256 g/mol. The van der Waals surface area contributed by atoms with Crippen molar-refractivity contribution in [2.75, 3.05) is 13.7 Å². The molecule has 0 aromatic rings. The molecule has 1 unspecified atom stereocenters. The Balaban J connectivity index is 3.88. The van der Waals surface area contributed by atoms with Gasteiger partial charge in [0.1, 0.15) is 0 Å². The van der Waals surface area contributed by atoms with E-state index in [1.165, 1.54) is 5.57 Å². The zero-order valence-electron chi connectivity index (χ0n) is 12.0. The van der Waals surface area contributed by atoms with Gasteiger partial charge in [0.25, 0.3) is 0 Å². The number of esters is 2. The molecule has 0 fully saturated rings. The third-order valence-electron chi connectivity index (χ3n) is 2.48. The lowest BCUT2D eigenvalue weighted by Crippen LogP contribution is -2.20. The topological polar surface area (TPSA) is 52.6 Å². The predicted molar refractivity (Wildman–Crippen MR) is 70.0 cm³/mol. The quantitative estimate of drug-likeness (QED) is 0.416. The lowest BCUT2D eigenvalue weighted by Gasteiger charge is -2.12. The number of carbonyl (C=O) groups excluding carboxylic acids is 2. The van der Waals surface area contributed by atoms with Crippen LogP contribution in [0, 0.1) is 11.8 Å². The van der Waals surface area contributed by atoms with E-state index in [1.807, 2.05) is 0 Å². The lowest BCUT2D eigenvalue weighted by molar-refractivity contribution is -0.166. The molecule has 0 aliphatic rings. The van der Waals surface area contributed by atoms with Crippen molar-refractivity contribution < 1.29 is 19.1 Å². The molecule has 0 radical (unpaired) electrons. The Hall–Kier alpha value is -1.32. The smallest absolute Gasteiger partial charge is 0.417 e. The number of hydrogen-bond donors (Lipinski definition) is 0. The Labute approximate surface area is 109 Å². The van der Waals surface area contributed by atoms with Gasteiger partial charge in [0, 0.05) is 0 Å². The molecule has 104 valence electrons. The van der Waals surface area contributed by atoms with E-state index in [-0.39, 0.29) is 6.61 Å². The van der Waals surface area contributed by atoms with Crippen LogP contribution in [-0.2, 0) is 19.1 Å². The minimum absolute atomic E-state index is 0.254. The normalized spacial score (nSPS) is 13.3. The Morgan fingerprint density at radius 2 is 1.78 bits per heavy atom. The standard InChI is InChI=1S/C14H24O4/c1-10(2)8-12(4)9-11(3)6-7-18-14(16)13(15)17-5/h8,10-11H,6-7,9H2,1-5H3. The molecule has 0 aliphatic carbocycles. The van der Waals surface area contributed by atoms with E-state index in [0.717, 1.165) is 20.0 Å². The van der Waals surface area contributed by atoms with Crippen LogP contribution in [-0.4, -0.2) is 25.7 Å². The van der Waals surface area contributed by atoms with Crippen LogP contribution in [0.25, 0.3) is 0 Å². The average Bonchev–Trinajstić information content (AvgIpc) is 2.26. The van der Waals surface area contributed by atoms with Crippen molar-refractivity contribution in [3.63, 3.8) is 0 Å². The number of hydrogen-bond acceptors (Lipinski definition) is 4. The zero-order chi connectivity index (χ0) is 14.1. The summed E-state index contributed by atoms with van der Waals surface area (Å²) in [5.41, 5.74) is 1.34. The Kier molecular flexibility index (Phi) is 8.08. The molecular weight excluding hydrogens is 232 g/mol. The van der Waals surface area contributed by atoms with Crippen molar-refractivity contribution >= 4 is 11.9 Å². The summed E-state index contributed by atoms with van der Waals surface area (Å²) in [5, 5.41) is 0. The van der Waals surface area contributed by atoms with Gasteiger partial charge in [-0.1, -0.05) is 32.4 Å². The van der Waals surface area contributed by atoms with Gasteiger partial charge in [-0.25, -0.2) is 9.59 Å². The Morgan fingerprint density at radius 3 is 2.28 bits per heavy atom. The molecule has 0 rings (SSSR count). The first-order chi connectivity index (χ1) is 8.36. The second-order valence-electron chi connectivity index (χ2n) is 4.98. The number of allylic oxidation sites excluding steroid dienone is 2. The fraction of sp³-hybridized carbons (Fsp3) is 0.714. The van der Waals surface area contributed by atoms with Gasteiger partial charge >= 0.3 is 11.9 Å². The second kappa shape index (κ2) is 8.72. The van der Waals surface area contributed by atoms with Gasteiger partial charge in [-0.05, 0) is 31.6 Å². The van der Waals surface area contributed by atoms with Gasteiger partial charge in [-0.3, -0.25) is 0 Å². The summed E-state index contributed by atoms with van der Waals surface area (Å²) in [6, 6.07) is 0. The summed E-state index contributed by atoms with van der Waals surface area (Å²) in [4.78, 5) is 21.8. The SMILES string of the molecule is COC(=O)C(=O)OCCC(C)CC(C)=CC(C)C. The molecule has 0 saturated heterocycles. The van der Waals surface area contributed by atoms with Crippen LogP contribution in [0.4, 0.5) is 0 Å². The average molecular weight is 256 g/mol. The summed E-state index contributed by atoms with van der Waals surface area (Å²) in [5.74, 6) is -0.891. The van der Waals surface area contributed by atoms with Crippen LogP contribution in [0.5, 0.6) is 0 Å². The summed E-state index contributed by atoms with van der Waals surface area (Å²) in [6.45, 7) is 8.75. The fourth-order valence-electron chi connectivity index (χ4n) is 1.78. The first kappa shape index (κ1) is 16.7. The highest BCUT2D eigenvalue weighted by atomic mass is 16.6. The molecule has 4 nitrogen and oxygen atoms in total. The van der Waals surface area contributed by atoms with Gasteiger partial charge in [0.2, 0.25) is 0 Å². The highest BCUT2D eigenvalue weighted by Gasteiger charge is 2.15. The molecule has 0 amide bonds. The molecule has 0 N–H and O–H groups in total.